The van der Waals surface area contributed by atoms with Crippen molar-refractivity contribution in [2.75, 3.05) is 39.2 Å². The fourth-order valence-electron chi connectivity index (χ4n) is 1.39. The maximum absolute atomic E-state index is 10.5. The molecule has 1 aromatic rings. The van der Waals surface area contributed by atoms with E-state index in [1.165, 1.54) is 0 Å². The first-order valence-electron chi connectivity index (χ1n) is 6.40. The number of ether oxygens (including phenoxy) is 3. The van der Waals surface area contributed by atoms with E-state index < -0.39 is 7.60 Å². The number of rotatable bonds is 11. The third kappa shape index (κ3) is 10.1. The van der Waals surface area contributed by atoms with Gasteiger partial charge in [0.15, 0.2) is 0 Å². The van der Waals surface area contributed by atoms with Crippen LogP contribution in [0.25, 0.3) is 0 Å². The molecular formula is C13H21O6P. The highest BCUT2D eigenvalue weighted by Crippen LogP contribution is 2.33. The van der Waals surface area contributed by atoms with Crippen molar-refractivity contribution < 1.29 is 28.6 Å². The maximum atomic E-state index is 10.5. The van der Waals surface area contributed by atoms with Crippen LogP contribution in [0.4, 0.5) is 0 Å². The van der Waals surface area contributed by atoms with Gasteiger partial charge in [-0.15, -0.1) is 0 Å². The van der Waals surface area contributed by atoms with E-state index in [4.69, 9.17) is 24.0 Å². The van der Waals surface area contributed by atoms with Crippen LogP contribution >= 0.6 is 7.60 Å². The maximum Gasteiger partial charge on any atom is 0.327 e. The molecule has 0 spiro atoms. The fraction of sp³-hybridized carbons (Fsp3) is 0.538. The molecular weight excluding hydrogens is 283 g/mol. The average molecular weight is 304 g/mol. The summed E-state index contributed by atoms with van der Waals surface area (Å²) in [5, 5.41) is 0. The van der Waals surface area contributed by atoms with Gasteiger partial charge in [0.25, 0.3) is 0 Å². The zero-order valence-corrected chi connectivity index (χ0v) is 12.2. The van der Waals surface area contributed by atoms with Crippen LogP contribution in [-0.2, 0) is 25.4 Å². The van der Waals surface area contributed by atoms with Crippen LogP contribution in [0.3, 0.4) is 0 Å². The van der Waals surface area contributed by atoms with Gasteiger partial charge in [-0.1, -0.05) is 30.3 Å². The summed E-state index contributed by atoms with van der Waals surface area (Å²) in [5.41, 5.74) is 1.12. The van der Waals surface area contributed by atoms with Crippen molar-refractivity contribution in [1.82, 2.24) is 0 Å². The molecule has 0 radical (unpaired) electrons. The summed E-state index contributed by atoms with van der Waals surface area (Å²) in [5.74, 6) is 0. The van der Waals surface area contributed by atoms with Crippen molar-refractivity contribution in [2.45, 2.75) is 6.61 Å². The van der Waals surface area contributed by atoms with Gasteiger partial charge in [-0.25, -0.2) is 0 Å². The number of hydrogen-bond donors (Lipinski definition) is 2. The highest BCUT2D eigenvalue weighted by atomic mass is 31.2. The van der Waals surface area contributed by atoms with E-state index in [-0.39, 0.29) is 12.8 Å². The molecule has 0 amide bonds. The van der Waals surface area contributed by atoms with Crippen LogP contribution in [0, 0.1) is 0 Å². The second-order valence-corrected chi connectivity index (χ2v) is 5.93. The van der Waals surface area contributed by atoms with E-state index >= 15 is 0 Å². The van der Waals surface area contributed by atoms with E-state index in [9.17, 15) is 4.57 Å². The Morgan fingerprint density at radius 2 is 1.40 bits per heavy atom. The molecule has 20 heavy (non-hydrogen) atoms. The average Bonchev–Trinajstić information content (AvgIpc) is 2.41. The first kappa shape index (κ1) is 17.3. The van der Waals surface area contributed by atoms with E-state index in [2.05, 4.69) is 0 Å². The molecule has 1 rings (SSSR count). The number of hydrogen-bond acceptors (Lipinski definition) is 4. The Morgan fingerprint density at radius 1 is 0.850 bits per heavy atom. The summed E-state index contributed by atoms with van der Waals surface area (Å²) >= 11 is 0. The molecule has 0 fully saturated rings. The Hall–Kier alpha value is -0.750. The normalized spacial score (nSPS) is 11.7. The minimum atomic E-state index is -3.95. The minimum absolute atomic E-state index is 0.0398. The van der Waals surface area contributed by atoms with Crippen LogP contribution in [0.2, 0.25) is 0 Å². The third-order valence-electron chi connectivity index (χ3n) is 2.38. The molecule has 0 aliphatic carbocycles. The monoisotopic (exact) mass is 304 g/mol. The SMILES string of the molecule is O=P(O)(O)CCOCCOCCOCc1ccccc1. The molecule has 0 saturated heterocycles. The lowest BCUT2D eigenvalue weighted by atomic mass is 10.2. The lowest BCUT2D eigenvalue weighted by Gasteiger charge is -2.07. The Morgan fingerprint density at radius 3 is 2.00 bits per heavy atom. The second-order valence-electron chi connectivity index (χ2n) is 4.15. The van der Waals surface area contributed by atoms with E-state index in [1.807, 2.05) is 30.3 Å². The van der Waals surface area contributed by atoms with Crippen LogP contribution in [0.1, 0.15) is 5.56 Å². The Bertz CT molecular complexity index is 391. The van der Waals surface area contributed by atoms with Crippen molar-refractivity contribution in [3.63, 3.8) is 0 Å². The Balaban J connectivity index is 1.85. The minimum Gasteiger partial charge on any atom is -0.378 e. The van der Waals surface area contributed by atoms with Gasteiger partial charge in [0.2, 0.25) is 0 Å². The van der Waals surface area contributed by atoms with Gasteiger partial charge in [0, 0.05) is 0 Å². The van der Waals surface area contributed by atoms with Gasteiger partial charge in [-0.2, -0.15) is 0 Å². The van der Waals surface area contributed by atoms with Crippen molar-refractivity contribution >= 4 is 7.60 Å². The van der Waals surface area contributed by atoms with Crippen LogP contribution in [0.5, 0.6) is 0 Å². The molecule has 0 heterocycles. The molecule has 0 aliphatic heterocycles. The standard InChI is InChI=1S/C13H21O6P/c14-20(15,16)11-10-18-7-6-17-8-9-19-12-13-4-2-1-3-5-13/h1-5H,6-12H2,(H2,14,15,16). The van der Waals surface area contributed by atoms with Crippen LogP contribution in [-0.4, -0.2) is 49.0 Å². The van der Waals surface area contributed by atoms with Gasteiger partial charge < -0.3 is 24.0 Å². The smallest absolute Gasteiger partial charge is 0.327 e. The molecule has 0 unspecified atom stereocenters. The molecule has 6 nitrogen and oxygen atoms in total. The predicted molar refractivity (Wildman–Crippen MR) is 74.6 cm³/mol. The van der Waals surface area contributed by atoms with E-state index in [1.54, 1.807) is 0 Å². The van der Waals surface area contributed by atoms with Gasteiger partial charge in [0.05, 0.1) is 45.8 Å². The highest BCUT2D eigenvalue weighted by Gasteiger charge is 2.11. The van der Waals surface area contributed by atoms with Gasteiger partial charge in [-0.3, -0.25) is 4.57 Å². The lowest BCUT2D eigenvalue weighted by molar-refractivity contribution is 0.0127. The fourth-order valence-corrected chi connectivity index (χ4v) is 1.75. The highest BCUT2D eigenvalue weighted by molar-refractivity contribution is 7.51. The molecule has 7 heteroatoms. The molecule has 2 N–H and O–H groups in total. The van der Waals surface area contributed by atoms with Gasteiger partial charge in [0.1, 0.15) is 0 Å². The summed E-state index contributed by atoms with van der Waals surface area (Å²) in [6.45, 7) is 2.27. The van der Waals surface area contributed by atoms with Crippen molar-refractivity contribution in [3.05, 3.63) is 35.9 Å². The third-order valence-corrected chi connectivity index (χ3v) is 3.15. The Kier molecular flexibility index (Phi) is 8.69. The summed E-state index contributed by atoms with van der Waals surface area (Å²) < 4.78 is 26.2. The molecule has 0 saturated carbocycles. The quantitative estimate of drug-likeness (QED) is 0.475. The molecule has 114 valence electrons. The Labute approximate surface area is 118 Å². The van der Waals surface area contributed by atoms with Crippen molar-refractivity contribution in [2.24, 2.45) is 0 Å². The van der Waals surface area contributed by atoms with Crippen molar-refractivity contribution in [3.8, 4) is 0 Å². The lowest BCUT2D eigenvalue weighted by Crippen LogP contribution is -2.11. The molecule has 0 aromatic heterocycles. The van der Waals surface area contributed by atoms with E-state index in [0.29, 0.717) is 33.0 Å². The summed E-state index contributed by atoms with van der Waals surface area (Å²) in [4.78, 5) is 17.2. The molecule has 1 aromatic carbocycles. The van der Waals surface area contributed by atoms with Crippen molar-refractivity contribution in [1.29, 1.82) is 0 Å². The summed E-state index contributed by atoms with van der Waals surface area (Å²) in [6.07, 6.45) is -0.257. The summed E-state index contributed by atoms with van der Waals surface area (Å²) in [6, 6.07) is 9.87. The second kappa shape index (κ2) is 10.0. The summed E-state index contributed by atoms with van der Waals surface area (Å²) in [7, 11) is -3.95. The topological polar surface area (TPSA) is 85.2 Å². The molecule has 0 atom stereocenters. The zero-order valence-electron chi connectivity index (χ0n) is 11.3. The first-order chi connectivity index (χ1) is 9.58. The van der Waals surface area contributed by atoms with E-state index in [0.717, 1.165) is 5.56 Å². The van der Waals surface area contributed by atoms with Gasteiger partial charge >= 0.3 is 7.60 Å². The zero-order chi connectivity index (χ0) is 14.7. The first-order valence-corrected chi connectivity index (χ1v) is 8.19. The van der Waals surface area contributed by atoms with Gasteiger partial charge in [-0.05, 0) is 5.56 Å². The van der Waals surface area contributed by atoms with Crippen LogP contribution < -0.4 is 0 Å². The largest absolute Gasteiger partial charge is 0.378 e. The molecule has 0 aliphatic rings. The predicted octanol–water partition coefficient (Wildman–Crippen LogP) is 1.41. The number of benzene rings is 1. The van der Waals surface area contributed by atoms with Crippen LogP contribution in [0.15, 0.2) is 30.3 Å². The molecule has 0 bridgehead atoms.